The highest BCUT2D eigenvalue weighted by Crippen LogP contribution is 2.31. The summed E-state index contributed by atoms with van der Waals surface area (Å²) in [6, 6.07) is 6.04. The molecule has 1 saturated heterocycles. The summed E-state index contributed by atoms with van der Waals surface area (Å²) in [6.45, 7) is 4.47. The van der Waals surface area contributed by atoms with E-state index in [2.05, 4.69) is 33.8 Å². The molecule has 21 heavy (non-hydrogen) atoms. The average Bonchev–Trinajstić information content (AvgIpc) is 2.70. The van der Waals surface area contributed by atoms with Gasteiger partial charge in [-0.25, -0.2) is 4.79 Å². The van der Waals surface area contributed by atoms with E-state index in [4.69, 9.17) is 5.11 Å². The molecule has 1 fully saturated rings. The molecule has 1 atom stereocenters. The minimum atomic E-state index is -0.923. The van der Waals surface area contributed by atoms with Crippen LogP contribution in [0.4, 0.5) is 5.69 Å². The van der Waals surface area contributed by atoms with Gasteiger partial charge in [0.1, 0.15) is 0 Å². The SMILES string of the molecule is CCC1CCCN(c2ccc(/C=C/C(=O)O)cc2Br)CC1. The van der Waals surface area contributed by atoms with Crippen LogP contribution >= 0.6 is 15.9 Å². The molecule has 1 heterocycles. The van der Waals surface area contributed by atoms with Crippen LogP contribution < -0.4 is 4.90 Å². The molecule has 114 valence electrons. The Labute approximate surface area is 134 Å². The van der Waals surface area contributed by atoms with Crippen LogP contribution in [0.2, 0.25) is 0 Å². The van der Waals surface area contributed by atoms with Crippen molar-refractivity contribution in [1.29, 1.82) is 0 Å². The molecular formula is C17H22BrNO2. The molecule has 0 saturated carbocycles. The lowest BCUT2D eigenvalue weighted by Gasteiger charge is -2.24. The van der Waals surface area contributed by atoms with E-state index in [0.29, 0.717) is 0 Å². The van der Waals surface area contributed by atoms with Gasteiger partial charge in [-0.15, -0.1) is 0 Å². The summed E-state index contributed by atoms with van der Waals surface area (Å²) in [7, 11) is 0. The van der Waals surface area contributed by atoms with Crippen molar-refractivity contribution in [2.24, 2.45) is 5.92 Å². The van der Waals surface area contributed by atoms with Crippen molar-refractivity contribution < 1.29 is 9.90 Å². The van der Waals surface area contributed by atoms with Gasteiger partial charge in [-0.2, -0.15) is 0 Å². The quantitative estimate of drug-likeness (QED) is 0.808. The summed E-state index contributed by atoms with van der Waals surface area (Å²) >= 11 is 3.62. The van der Waals surface area contributed by atoms with Crippen LogP contribution in [-0.2, 0) is 4.79 Å². The largest absolute Gasteiger partial charge is 0.478 e. The molecule has 4 heteroatoms. The third kappa shape index (κ3) is 4.60. The van der Waals surface area contributed by atoms with E-state index in [-0.39, 0.29) is 0 Å². The number of rotatable bonds is 4. The highest BCUT2D eigenvalue weighted by atomic mass is 79.9. The number of carbonyl (C=O) groups is 1. The number of nitrogens with zero attached hydrogens (tertiary/aromatic N) is 1. The predicted octanol–water partition coefficient (Wildman–Crippen LogP) is 4.56. The number of anilines is 1. The van der Waals surface area contributed by atoms with Gasteiger partial charge in [-0.1, -0.05) is 19.4 Å². The number of aliphatic carboxylic acids is 1. The molecule has 0 bridgehead atoms. The molecule has 0 aromatic heterocycles. The molecule has 3 nitrogen and oxygen atoms in total. The van der Waals surface area contributed by atoms with Crippen LogP contribution in [0.3, 0.4) is 0 Å². The second-order valence-electron chi connectivity index (χ2n) is 5.57. The van der Waals surface area contributed by atoms with E-state index in [1.807, 2.05) is 12.1 Å². The van der Waals surface area contributed by atoms with Crippen LogP contribution in [-0.4, -0.2) is 24.2 Å². The summed E-state index contributed by atoms with van der Waals surface area (Å²) in [6.07, 6.45) is 7.87. The predicted molar refractivity (Wildman–Crippen MR) is 90.7 cm³/mol. The smallest absolute Gasteiger partial charge is 0.328 e. The topological polar surface area (TPSA) is 40.5 Å². The van der Waals surface area contributed by atoms with Gasteiger partial charge in [-0.05, 0) is 64.9 Å². The standard InChI is InChI=1S/C17H22BrNO2/c1-2-13-4-3-10-19(11-9-13)16-7-5-14(12-15(16)18)6-8-17(20)21/h5-8,12-13H,2-4,9-11H2,1H3,(H,20,21)/b8-6+. The molecule has 1 aromatic carbocycles. The van der Waals surface area contributed by atoms with Crippen LogP contribution in [0.25, 0.3) is 6.08 Å². The Hall–Kier alpha value is -1.29. The van der Waals surface area contributed by atoms with Crippen LogP contribution in [0.5, 0.6) is 0 Å². The molecule has 0 amide bonds. The Morgan fingerprint density at radius 3 is 2.90 bits per heavy atom. The van der Waals surface area contributed by atoms with Gasteiger partial charge < -0.3 is 10.0 Å². The highest BCUT2D eigenvalue weighted by Gasteiger charge is 2.17. The third-order valence-electron chi connectivity index (χ3n) is 4.16. The lowest BCUT2D eigenvalue weighted by atomic mass is 9.98. The van der Waals surface area contributed by atoms with E-state index in [9.17, 15) is 4.79 Å². The lowest BCUT2D eigenvalue weighted by molar-refractivity contribution is -0.131. The van der Waals surface area contributed by atoms with E-state index >= 15 is 0 Å². The second-order valence-corrected chi connectivity index (χ2v) is 6.43. The number of benzene rings is 1. The molecule has 0 aliphatic carbocycles. The van der Waals surface area contributed by atoms with Crippen molar-refractivity contribution in [2.75, 3.05) is 18.0 Å². The zero-order valence-electron chi connectivity index (χ0n) is 12.4. The summed E-state index contributed by atoms with van der Waals surface area (Å²) < 4.78 is 1.03. The molecule has 2 rings (SSSR count). The summed E-state index contributed by atoms with van der Waals surface area (Å²) in [5.41, 5.74) is 2.11. The second kappa shape index (κ2) is 7.64. The zero-order valence-corrected chi connectivity index (χ0v) is 14.0. The van der Waals surface area contributed by atoms with E-state index < -0.39 is 5.97 Å². The molecule has 1 aliphatic heterocycles. The number of carboxylic acids is 1. The van der Waals surface area contributed by atoms with Gasteiger partial charge in [0.05, 0.1) is 5.69 Å². The van der Waals surface area contributed by atoms with Gasteiger partial charge in [0.2, 0.25) is 0 Å². The summed E-state index contributed by atoms with van der Waals surface area (Å²) in [5, 5.41) is 8.68. The third-order valence-corrected chi connectivity index (χ3v) is 4.79. The van der Waals surface area contributed by atoms with E-state index in [0.717, 1.165) is 29.0 Å². The van der Waals surface area contributed by atoms with Crippen molar-refractivity contribution in [3.05, 3.63) is 34.3 Å². The maximum atomic E-state index is 10.6. The maximum absolute atomic E-state index is 10.6. The molecule has 0 spiro atoms. The van der Waals surface area contributed by atoms with Gasteiger partial charge in [0.25, 0.3) is 0 Å². The maximum Gasteiger partial charge on any atom is 0.328 e. The molecule has 0 radical (unpaired) electrons. The number of hydrogen-bond donors (Lipinski definition) is 1. The van der Waals surface area contributed by atoms with Crippen molar-refractivity contribution >= 4 is 33.7 Å². The summed E-state index contributed by atoms with van der Waals surface area (Å²) in [4.78, 5) is 13.0. The number of carboxylic acid groups (broad SMARTS) is 1. The highest BCUT2D eigenvalue weighted by molar-refractivity contribution is 9.10. The summed E-state index contributed by atoms with van der Waals surface area (Å²) in [5.74, 6) is -0.0696. The normalized spacial score (nSPS) is 19.7. The van der Waals surface area contributed by atoms with Gasteiger partial charge in [0.15, 0.2) is 0 Å². The molecule has 1 aliphatic rings. The Bertz CT molecular complexity index is 528. The lowest BCUT2D eigenvalue weighted by Crippen LogP contribution is -2.24. The average molecular weight is 352 g/mol. The minimum Gasteiger partial charge on any atom is -0.478 e. The van der Waals surface area contributed by atoms with Crippen molar-refractivity contribution in [1.82, 2.24) is 0 Å². The molecule has 1 aromatic rings. The Morgan fingerprint density at radius 1 is 1.43 bits per heavy atom. The van der Waals surface area contributed by atoms with E-state index in [1.54, 1.807) is 6.08 Å². The molecule has 1 unspecified atom stereocenters. The monoisotopic (exact) mass is 351 g/mol. The van der Waals surface area contributed by atoms with Crippen molar-refractivity contribution in [3.63, 3.8) is 0 Å². The fourth-order valence-corrected chi connectivity index (χ4v) is 3.51. The fourth-order valence-electron chi connectivity index (χ4n) is 2.87. The first-order valence-electron chi connectivity index (χ1n) is 7.55. The van der Waals surface area contributed by atoms with Gasteiger partial charge >= 0.3 is 5.97 Å². The number of halogens is 1. The van der Waals surface area contributed by atoms with Crippen LogP contribution in [0, 0.1) is 5.92 Å². The Kier molecular flexibility index (Phi) is 5.85. The van der Waals surface area contributed by atoms with Crippen molar-refractivity contribution in [2.45, 2.75) is 32.6 Å². The molecule has 1 N–H and O–H groups in total. The minimum absolute atomic E-state index is 0.853. The molecular weight excluding hydrogens is 330 g/mol. The van der Waals surface area contributed by atoms with Crippen LogP contribution in [0.15, 0.2) is 28.7 Å². The Morgan fingerprint density at radius 2 is 2.24 bits per heavy atom. The zero-order chi connectivity index (χ0) is 15.2. The first kappa shape index (κ1) is 16.1. The van der Waals surface area contributed by atoms with Crippen LogP contribution in [0.1, 0.15) is 38.2 Å². The van der Waals surface area contributed by atoms with E-state index in [1.165, 1.54) is 37.4 Å². The number of hydrogen-bond acceptors (Lipinski definition) is 2. The van der Waals surface area contributed by atoms with Gasteiger partial charge in [0, 0.05) is 23.6 Å². The first-order valence-corrected chi connectivity index (χ1v) is 8.35. The first-order chi connectivity index (χ1) is 10.1. The Balaban J connectivity index is 2.11. The fraction of sp³-hybridized carbons (Fsp3) is 0.471. The van der Waals surface area contributed by atoms with Crippen molar-refractivity contribution in [3.8, 4) is 0 Å². The van der Waals surface area contributed by atoms with Gasteiger partial charge in [-0.3, -0.25) is 0 Å².